The van der Waals surface area contributed by atoms with Crippen LogP contribution in [0, 0.1) is 18.6 Å². The van der Waals surface area contributed by atoms with Crippen molar-refractivity contribution >= 4 is 18.4 Å². The van der Waals surface area contributed by atoms with Crippen LogP contribution in [-0.4, -0.2) is 35.3 Å². The van der Waals surface area contributed by atoms with E-state index < -0.39 is 0 Å². The van der Waals surface area contributed by atoms with Gasteiger partial charge in [-0.05, 0) is 61.0 Å². The monoisotopic (exact) mass is 398 g/mol. The summed E-state index contributed by atoms with van der Waals surface area (Å²) < 4.78 is 18.5. The molecule has 0 radical (unpaired) electrons. The van der Waals surface area contributed by atoms with Gasteiger partial charge in [0.1, 0.15) is 12.4 Å². The van der Waals surface area contributed by atoms with E-state index in [4.69, 9.17) is 26.4 Å². The topological polar surface area (TPSA) is 73.7 Å². The van der Waals surface area contributed by atoms with Crippen LogP contribution in [-0.2, 0) is 6.61 Å². The molecule has 8 heteroatoms. The van der Waals surface area contributed by atoms with Crippen LogP contribution in [0.15, 0.2) is 41.5 Å². The third-order valence-corrected chi connectivity index (χ3v) is 4.47. The second-order valence-corrected chi connectivity index (χ2v) is 6.51. The number of para-hydroxylation sites is 1. The fourth-order valence-corrected chi connectivity index (χ4v) is 2.96. The Balaban J connectivity index is 1.81. The number of ether oxygens (including phenoxy) is 3. The molecule has 0 aliphatic carbocycles. The van der Waals surface area contributed by atoms with Gasteiger partial charge in [-0.2, -0.15) is 14.9 Å². The van der Waals surface area contributed by atoms with Crippen molar-refractivity contribution < 1.29 is 14.2 Å². The molecule has 1 aromatic heterocycles. The fraction of sp³-hybridized carbons (Fsp3) is 0.250. The summed E-state index contributed by atoms with van der Waals surface area (Å²) in [6.45, 7) is 4.26. The molecule has 1 heterocycles. The average Bonchev–Trinajstić information content (AvgIpc) is 3.05. The average molecular weight is 398 g/mol. The van der Waals surface area contributed by atoms with E-state index in [1.165, 1.54) is 0 Å². The number of benzene rings is 2. The number of aryl methyl sites for hydroxylation is 2. The molecule has 0 atom stereocenters. The third-order valence-electron chi connectivity index (χ3n) is 4.20. The molecule has 7 nitrogen and oxygen atoms in total. The molecule has 146 valence electrons. The quantitative estimate of drug-likeness (QED) is 0.480. The maximum absolute atomic E-state index is 5.97. The third kappa shape index (κ3) is 4.23. The lowest BCUT2D eigenvalue weighted by Gasteiger charge is -2.11. The lowest BCUT2D eigenvalue weighted by Crippen LogP contribution is -2.05. The van der Waals surface area contributed by atoms with Crippen LogP contribution < -0.4 is 14.2 Å². The van der Waals surface area contributed by atoms with Crippen LogP contribution in [0.4, 0.5) is 0 Å². The molecule has 2 aromatic carbocycles. The molecule has 0 amide bonds. The highest BCUT2D eigenvalue weighted by molar-refractivity contribution is 7.71. The molecule has 1 N–H and O–H groups in total. The van der Waals surface area contributed by atoms with Gasteiger partial charge in [-0.3, -0.25) is 0 Å². The SMILES string of the molecule is COc1ccc(/C=N\n2c(COc3c(C)cccc3C)n[nH]c2=S)cc1OC. The number of aromatic amines is 1. The predicted octanol–water partition coefficient (Wildman–Crippen LogP) is 4.04. The highest BCUT2D eigenvalue weighted by Crippen LogP contribution is 2.27. The zero-order valence-corrected chi connectivity index (χ0v) is 17.0. The zero-order valence-electron chi connectivity index (χ0n) is 16.2. The van der Waals surface area contributed by atoms with Crippen LogP contribution in [0.2, 0.25) is 0 Å². The summed E-state index contributed by atoms with van der Waals surface area (Å²) in [6, 6.07) is 11.5. The lowest BCUT2D eigenvalue weighted by molar-refractivity contribution is 0.287. The Morgan fingerprint density at radius 3 is 2.50 bits per heavy atom. The number of methoxy groups -OCH3 is 2. The van der Waals surface area contributed by atoms with Gasteiger partial charge in [0.15, 0.2) is 17.3 Å². The minimum atomic E-state index is 0.238. The van der Waals surface area contributed by atoms with Gasteiger partial charge >= 0.3 is 0 Å². The van der Waals surface area contributed by atoms with Crippen LogP contribution in [0.5, 0.6) is 17.2 Å². The molecule has 0 saturated carbocycles. The van der Waals surface area contributed by atoms with E-state index in [-0.39, 0.29) is 6.61 Å². The molecular weight excluding hydrogens is 376 g/mol. The molecule has 0 bridgehead atoms. The summed E-state index contributed by atoms with van der Waals surface area (Å²) in [6.07, 6.45) is 1.68. The van der Waals surface area contributed by atoms with Crippen molar-refractivity contribution in [2.45, 2.75) is 20.5 Å². The van der Waals surface area contributed by atoms with Crippen molar-refractivity contribution in [1.82, 2.24) is 14.9 Å². The van der Waals surface area contributed by atoms with Gasteiger partial charge < -0.3 is 14.2 Å². The first-order valence-electron chi connectivity index (χ1n) is 8.65. The van der Waals surface area contributed by atoms with Crippen LogP contribution in [0.3, 0.4) is 0 Å². The number of hydrogen-bond donors (Lipinski definition) is 1. The summed E-state index contributed by atoms with van der Waals surface area (Å²) in [5.74, 6) is 2.69. The smallest absolute Gasteiger partial charge is 0.216 e. The summed E-state index contributed by atoms with van der Waals surface area (Å²) in [5.41, 5.74) is 2.96. The highest BCUT2D eigenvalue weighted by Gasteiger charge is 2.09. The van der Waals surface area contributed by atoms with Crippen LogP contribution in [0.1, 0.15) is 22.5 Å². The van der Waals surface area contributed by atoms with E-state index in [0.717, 1.165) is 22.4 Å². The van der Waals surface area contributed by atoms with Crippen molar-refractivity contribution in [3.63, 3.8) is 0 Å². The molecule has 3 rings (SSSR count). The molecular formula is C20H22N4O3S. The van der Waals surface area contributed by atoms with Gasteiger partial charge in [-0.25, -0.2) is 5.10 Å². The minimum Gasteiger partial charge on any atom is -0.493 e. The van der Waals surface area contributed by atoms with E-state index in [1.54, 1.807) is 25.1 Å². The standard InChI is InChI=1S/C20H22N4O3S/c1-13-6-5-7-14(2)19(13)27-12-18-22-23-20(28)24(18)21-11-15-8-9-16(25-3)17(10-15)26-4/h5-11H,12H2,1-4H3,(H,23,28)/b21-11-. The van der Waals surface area contributed by atoms with Gasteiger partial charge in [0.05, 0.1) is 20.4 Å². The fourth-order valence-electron chi connectivity index (χ4n) is 2.76. The Kier molecular flexibility index (Phi) is 6.10. The van der Waals surface area contributed by atoms with E-state index >= 15 is 0 Å². The Hall–Kier alpha value is -3.13. The normalized spacial score (nSPS) is 11.0. The van der Waals surface area contributed by atoms with Gasteiger partial charge in [0.25, 0.3) is 0 Å². The Bertz CT molecular complexity index is 1040. The number of nitrogens with one attached hydrogen (secondary N) is 1. The molecule has 28 heavy (non-hydrogen) atoms. The van der Waals surface area contributed by atoms with Gasteiger partial charge in [0.2, 0.25) is 4.77 Å². The van der Waals surface area contributed by atoms with Crippen molar-refractivity contribution in [2.24, 2.45) is 5.10 Å². The summed E-state index contributed by atoms with van der Waals surface area (Å²) in [7, 11) is 3.19. The van der Waals surface area contributed by atoms with Crippen molar-refractivity contribution in [1.29, 1.82) is 0 Å². The van der Waals surface area contributed by atoms with Gasteiger partial charge in [0, 0.05) is 0 Å². The van der Waals surface area contributed by atoms with E-state index in [9.17, 15) is 0 Å². The number of aromatic nitrogens is 3. The first-order chi connectivity index (χ1) is 13.5. The summed E-state index contributed by atoms with van der Waals surface area (Å²) >= 11 is 5.29. The lowest BCUT2D eigenvalue weighted by atomic mass is 10.1. The second-order valence-electron chi connectivity index (χ2n) is 6.13. The van der Waals surface area contributed by atoms with E-state index in [0.29, 0.717) is 22.1 Å². The van der Waals surface area contributed by atoms with E-state index in [1.807, 2.05) is 50.2 Å². The van der Waals surface area contributed by atoms with Crippen molar-refractivity contribution in [3.8, 4) is 17.2 Å². The highest BCUT2D eigenvalue weighted by atomic mass is 32.1. The molecule has 3 aromatic rings. The molecule has 0 aliphatic heterocycles. The Morgan fingerprint density at radius 2 is 1.82 bits per heavy atom. The number of rotatable bonds is 7. The van der Waals surface area contributed by atoms with Gasteiger partial charge in [-0.1, -0.05) is 18.2 Å². The Morgan fingerprint density at radius 1 is 1.11 bits per heavy atom. The summed E-state index contributed by atoms with van der Waals surface area (Å²) in [5, 5.41) is 11.4. The Labute approximate surface area is 168 Å². The van der Waals surface area contributed by atoms with Crippen molar-refractivity contribution in [3.05, 3.63) is 63.7 Å². The predicted molar refractivity (Wildman–Crippen MR) is 110 cm³/mol. The van der Waals surface area contributed by atoms with E-state index in [2.05, 4.69) is 15.3 Å². The molecule has 0 unspecified atom stereocenters. The molecule has 0 aliphatic rings. The van der Waals surface area contributed by atoms with Gasteiger partial charge in [-0.15, -0.1) is 0 Å². The molecule has 0 spiro atoms. The number of hydrogen-bond acceptors (Lipinski definition) is 6. The van der Waals surface area contributed by atoms with Crippen molar-refractivity contribution in [2.75, 3.05) is 14.2 Å². The first kappa shape index (κ1) is 19.6. The maximum atomic E-state index is 5.97. The molecule has 0 saturated heterocycles. The zero-order chi connectivity index (χ0) is 20.1. The van der Waals surface area contributed by atoms with Crippen LogP contribution >= 0.6 is 12.2 Å². The maximum Gasteiger partial charge on any atom is 0.216 e. The number of H-pyrrole nitrogens is 1. The van der Waals surface area contributed by atoms with Crippen LogP contribution in [0.25, 0.3) is 0 Å². The largest absolute Gasteiger partial charge is 0.493 e. The summed E-state index contributed by atoms with van der Waals surface area (Å²) in [4.78, 5) is 0. The second kappa shape index (κ2) is 8.71. The first-order valence-corrected chi connectivity index (χ1v) is 9.06. The number of nitrogens with zero attached hydrogens (tertiary/aromatic N) is 3. The molecule has 0 fully saturated rings. The minimum absolute atomic E-state index is 0.238.